The van der Waals surface area contributed by atoms with E-state index in [1.807, 2.05) is 30.0 Å². The molecule has 1 aliphatic heterocycles. The van der Waals surface area contributed by atoms with E-state index < -0.39 is 0 Å². The van der Waals surface area contributed by atoms with Crippen molar-refractivity contribution in [3.63, 3.8) is 0 Å². The molecule has 0 spiro atoms. The Morgan fingerprint density at radius 1 is 1.22 bits per heavy atom. The fourth-order valence-electron chi connectivity index (χ4n) is 3.43. The minimum atomic E-state index is -0.276. The van der Waals surface area contributed by atoms with Crippen molar-refractivity contribution in [2.24, 2.45) is 5.92 Å². The third kappa shape index (κ3) is 2.67. The second-order valence-electron chi connectivity index (χ2n) is 6.54. The van der Waals surface area contributed by atoms with Crippen molar-refractivity contribution in [2.45, 2.75) is 31.4 Å². The van der Waals surface area contributed by atoms with Gasteiger partial charge in [0.15, 0.2) is 0 Å². The number of carbonyl (C=O) groups is 1. The highest BCUT2D eigenvalue weighted by molar-refractivity contribution is 8.09. The van der Waals surface area contributed by atoms with E-state index in [-0.39, 0.29) is 5.97 Å². The monoisotopic (exact) mass is 324 g/mol. The molecule has 1 fully saturated rings. The number of esters is 1. The fraction of sp³-hybridized carbons (Fsp3) is 0.350. The van der Waals surface area contributed by atoms with Crippen LogP contribution in [0.2, 0.25) is 0 Å². The zero-order valence-corrected chi connectivity index (χ0v) is 14.3. The van der Waals surface area contributed by atoms with Crippen LogP contribution in [0.25, 0.3) is 15.7 Å². The molecule has 0 bridgehead atoms. The number of hydrogen-bond acceptors (Lipinski definition) is 3. The second-order valence-corrected chi connectivity index (χ2v) is 7.79. The standard InChI is InChI=1S/C20H20O2S/c1-12-10-18(14-7-8-14)23-19(12)16-5-3-4-13-6-9-15(11-17(13)16)20(21)22-2/h3-6,9,11,14,18H,7-8,10H2,1-2H3. The van der Waals surface area contributed by atoms with Crippen molar-refractivity contribution >= 4 is 33.4 Å². The second kappa shape index (κ2) is 5.72. The van der Waals surface area contributed by atoms with Gasteiger partial charge in [0.25, 0.3) is 0 Å². The summed E-state index contributed by atoms with van der Waals surface area (Å²) in [6.07, 6.45) is 3.98. The van der Waals surface area contributed by atoms with Crippen molar-refractivity contribution in [3.05, 3.63) is 53.1 Å². The van der Waals surface area contributed by atoms with Gasteiger partial charge in [0.2, 0.25) is 0 Å². The van der Waals surface area contributed by atoms with Crippen LogP contribution in [-0.4, -0.2) is 18.3 Å². The van der Waals surface area contributed by atoms with E-state index >= 15 is 0 Å². The Bertz CT molecular complexity index is 818. The molecule has 2 aromatic rings. The summed E-state index contributed by atoms with van der Waals surface area (Å²) in [6, 6.07) is 12.2. The van der Waals surface area contributed by atoms with E-state index in [0.717, 1.165) is 16.6 Å². The van der Waals surface area contributed by atoms with E-state index in [9.17, 15) is 4.79 Å². The average molecular weight is 324 g/mol. The highest BCUT2D eigenvalue weighted by atomic mass is 32.2. The minimum absolute atomic E-state index is 0.276. The molecule has 1 atom stereocenters. The number of allylic oxidation sites excluding steroid dienone is 1. The fourth-order valence-corrected chi connectivity index (χ4v) is 5.12. The Labute approximate surface area is 140 Å². The summed E-state index contributed by atoms with van der Waals surface area (Å²) in [7, 11) is 1.43. The summed E-state index contributed by atoms with van der Waals surface area (Å²) in [6.45, 7) is 2.26. The predicted octanol–water partition coefficient (Wildman–Crippen LogP) is 5.27. The normalized spacial score (nSPS) is 21.0. The highest BCUT2D eigenvalue weighted by Crippen LogP contribution is 2.53. The molecule has 0 N–H and O–H groups in total. The van der Waals surface area contributed by atoms with Crippen LogP contribution in [0, 0.1) is 5.92 Å². The SMILES string of the molecule is COC(=O)c1ccc2cccc(C3=C(C)CC(C4CC4)S3)c2c1. The minimum Gasteiger partial charge on any atom is -0.465 e. The molecule has 0 amide bonds. The van der Waals surface area contributed by atoms with E-state index in [0.29, 0.717) is 5.56 Å². The molecular weight excluding hydrogens is 304 g/mol. The molecule has 2 aliphatic rings. The lowest BCUT2D eigenvalue weighted by Gasteiger charge is -2.11. The van der Waals surface area contributed by atoms with Crippen LogP contribution < -0.4 is 0 Å². The number of fused-ring (bicyclic) bond motifs is 1. The van der Waals surface area contributed by atoms with E-state index in [2.05, 4.69) is 25.1 Å². The first kappa shape index (κ1) is 14.8. The molecule has 0 saturated heterocycles. The number of thioether (sulfide) groups is 1. The lowest BCUT2D eigenvalue weighted by Crippen LogP contribution is -2.01. The first-order chi connectivity index (χ1) is 11.2. The predicted molar refractivity (Wildman–Crippen MR) is 96.6 cm³/mol. The molecule has 118 valence electrons. The lowest BCUT2D eigenvalue weighted by atomic mass is 9.99. The van der Waals surface area contributed by atoms with Gasteiger partial charge in [0.1, 0.15) is 0 Å². The van der Waals surface area contributed by atoms with Crippen LogP contribution in [0.4, 0.5) is 0 Å². The molecule has 1 heterocycles. The Kier molecular flexibility index (Phi) is 3.68. The van der Waals surface area contributed by atoms with E-state index in [1.165, 1.54) is 47.8 Å². The maximum atomic E-state index is 11.9. The molecule has 23 heavy (non-hydrogen) atoms. The molecule has 1 saturated carbocycles. The maximum Gasteiger partial charge on any atom is 0.337 e. The number of ether oxygens (including phenoxy) is 1. The van der Waals surface area contributed by atoms with Crippen LogP contribution >= 0.6 is 11.8 Å². The molecule has 1 aliphatic carbocycles. The van der Waals surface area contributed by atoms with Gasteiger partial charge in [-0.05, 0) is 60.6 Å². The van der Waals surface area contributed by atoms with Crippen molar-refractivity contribution in [1.82, 2.24) is 0 Å². The van der Waals surface area contributed by atoms with Gasteiger partial charge in [-0.3, -0.25) is 0 Å². The molecule has 4 rings (SSSR count). The number of benzene rings is 2. The summed E-state index contributed by atoms with van der Waals surface area (Å²) in [4.78, 5) is 13.3. The first-order valence-corrected chi connectivity index (χ1v) is 9.03. The van der Waals surface area contributed by atoms with Crippen molar-refractivity contribution in [3.8, 4) is 0 Å². The third-order valence-corrected chi connectivity index (χ3v) is 6.52. The quantitative estimate of drug-likeness (QED) is 0.719. The van der Waals surface area contributed by atoms with Gasteiger partial charge in [0.05, 0.1) is 12.7 Å². The Morgan fingerprint density at radius 3 is 2.78 bits per heavy atom. The first-order valence-electron chi connectivity index (χ1n) is 8.15. The smallest absolute Gasteiger partial charge is 0.337 e. The summed E-state index contributed by atoms with van der Waals surface area (Å²) in [5.41, 5.74) is 3.37. The summed E-state index contributed by atoms with van der Waals surface area (Å²) in [5, 5.41) is 3.07. The Balaban J connectivity index is 1.80. The van der Waals surface area contributed by atoms with Crippen LogP contribution in [-0.2, 0) is 4.74 Å². The van der Waals surface area contributed by atoms with Crippen LogP contribution in [0.5, 0.6) is 0 Å². The van der Waals surface area contributed by atoms with Crippen molar-refractivity contribution in [2.75, 3.05) is 7.11 Å². The maximum absolute atomic E-state index is 11.9. The van der Waals surface area contributed by atoms with E-state index in [1.54, 1.807) is 0 Å². The number of methoxy groups -OCH3 is 1. The molecule has 0 radical (unpaired) electrons. The Morgan fingerprint density at radius 2 is 2.04 bits per heavy atom. The van der Waals surface area contributed by atoms with Crippen LogP contribution in [0.3, 0.4) is 0 Å². The molecule has 3 heteroatoms. The van der Waals surface area contributed by atoms with Gasteiger partial charge in [-0.25, -0.2) is 4.79 Å². The zero-order valence-electron chi connectivity index (χ0n) is 13.5. The number of carbonyl (C=O) groups excluding carboxylic acids is 1. The zero-order chi connectivity index (χ0) is 16.0. The highest BCUT2D eigenvalue weighted by Gasteiger charge is 2.36. The topological polar surface area (TPSA) is 26.3 Å². The summed E-state index contributed by atoms with van der Waals surface area (Å²) < 4.78 is 4.87. The van der Waals surface area contributed by atoms with Crippen molar-refractivity contribution in [1.29, 1.82) is 0 Å². The Hall–Kier alpha value is -1.74. The number of hydrogen-bond donors (Lipinski definition) is 0. The molecule has 0 aromatic heterocycles. The largest absolute Gasteiger partial charge is 0.465 e. The van der Waals surface area contributed by atoms with Gasteiger partial charge in [-0.15, -0.1) is 11.8 Å². The third-order valence-electron chi connectivity index (χ3n) is 4.86. The summed E-state index contributed by atoms with van der Waals surface area (Å²) >= 11 is 2.04. The summed E-state index contributed by atoms with van der Waals surface area (Å²) in [5.74, 6) is 0.635. The molecule has 1 unspecified atom stereocenters. The van der Waals surface area contributed by atoms with E-state index in [4.69, 9.17) is 4.74 Å². The molecular formula is C20H20O2S. The van der Waals surface area contributed by atoms with Crippen LogP contribution in [0.15, 0.2) is 42.0 Å². The van der Waals surface area contributed by atoms with Gasteiger partial charge < -0.3 is 4.74 Å². The van der Waals surface area contributed by atoms with Gasteiger partial charge in [-0.2, -0.15) is 0 Å². The lowest BCUT2D eigenvalue weighted by molar-refractivity contribution is 0.0601. The van der Waals surface area contributed by atoms with Crippen LogP contribution in [0.1, 0.15) is 42.1 Å². The molecule has 2 aromatic carbocycles. The van der Waals surface area contributed by atoms with Gasteiger partial charge in [0, 0.05) is 10.2 Å². The number of rotatable bonds is 3. The molecule has 2 nitrogen and oxygen atoms in total. The van der Waals surface area contributed by atoms with Gasteiger partial charge >= 0.3 is 5.97 Å². The van der Waals surface area contributed by atoms with Crippen molar-refractivity contribution < 1.29 is 9.53 Å². The van der Waals surface area contributed by atoms with Gasteiger partial charge in [-0.1, -0.05) is 29.8 Å². The average Bonchev–Trinajstić information content (AvgIpc) is 3.36.